The second-order valence-electron chi connectivity index (χ2n) is 5.44. The standard InChI is InChI=1S/C14H22N2O3S/c1-11(9-16-6-4-15(2)5-7-16)10-19-12-3-8-20-13(12)14(17)18/h3,8,11H,4-7,9-10H2,1-2H3,(H,17,18). The molecule has 1 N–H and O–H groups in total. The molecule has 0 aliphatic carbocycles. The van der Waals surface area contributed by atoms with Gasteiger partial charge in [-0.05, 0) is 18.5 Å². The van der Waals surface area contributed by atoms with E-state index in [9.17, 15) is 4.79 Å². The Hall–Kier alpha value is -1.11. The van der Waals surface area contributed by atoms with Crippen molar-refractivity contribution in [3.63, 3.8) is 0 Å². The highest BCUT2D eigenvalue weighted by Crippen LogP contribution is 2.25. The lowest BCUT2D eigenvalue weighted by Gasteiger charge is -2.33. The number of thiophene rings is 1. The first-order valence-electron chi connectivity index (χ1n) is 6.90. The predicted octanol–water partition coefficient (Wildman–Crippen LogP) is 1.71. The number of carbonyl (C=O) groups is 1. The van der Waals surface area contributed by atoms with Gasteiger partial charge in [-0.15, -0.1) is 11.3 Å². The van der Waals surface area contributed by atoms with Crippen LogP contribution in [0.1, 0.15) is 16.6 Å². The molecule has 0 spiro atoms. The van der Waals surface area contributed by atoms with Gasteiger partial charge in [0.1, 0.15) is 5.75 Å². The highest BCUT2D eigenvalue weighted by atomic mass is 32.1. The van der Waals surface area contributed by atoms with Crippen LogP contribution in [0.25, 0.3) is 0 Å². The van der Waals surface area contributed by atoms with Crippen LogP contribution in [0.15, 0.2) is 11.4 Å². The molecule has 1 aromatic heterocycles. The van der Waals surface area contributed by atoms with Crippen LogP contribution in [0.2, 0.25) is 0 Å². The number of hydrogen-bond acceptors (Lipinski definition) is 5. The van der Waals surface area contributed by atoms with Crippen molar-refractivity contribution in [3.8, 4) is 5.75 Å². The summed E-state index contributed by atoms with van der Waals surface area (Å²) in [4.78, 5) is 16.1. The van der Waals surface area contributed by atoms with Gasteiger partial charge in [-0.1, -0.05) is 6.92 Å². The molecule has 20 heavy (non-hydrogen) atoms. The Bertz CT molecular complexity index is 441. The summed E-state index contributed by atoms with van der Waals surface area (Å²) in [5.74, 6) is -0.0330. The Morgan fingerprint density at radius 2 is 2.15 bits per heavy atom. The van der Waals surface area contributed by atoms with Gasteiger partial charge in [-0.2, -0.15) is 0 Å². The van der Waals surface area contributed by atoms with Crippen molar-refractivity contribution in [2.75, 3.05) is 46.4 Å². The quantitative estimate of drug-likeness (QED) is 0.866. The lowest BCUT2D eigenvalue weighted by molar-refractivity contribution is 0.0696. The number of carboxylic acids is 1. The summed E-state index contributed by atoms with van der Waals surface area (Å²) in [5.41, 5.74) is 0. The number of rotatable bonds is 6. The van der Waals surface area contributed by atoms with E-state index in [0.29, 0.717) is 18.3 Å². The van der Waals surface area contributed by atoms with E-state index in [0.717, 1.165) is 32.7 Å². The lowest BCUT2D eigenvalue weighted by Crippen LogP contribution is -2.46. The van der Waals surface area contributed by atoms with E-state index in [1.54, 1.807) is 11.4 Å². The van der Waals surface area contributed by atoms with Gasteiger partial charge in [-0.25, -0.2) is 4.79 Å². The zero-order valence-corrected chi connectivity index (χ0v) is 12.9. The molecule has 1 aliphatic rings. The normalized spacial score (nSPS) is 18.9. The van der Waals surface area contributed by atoms with Gasteiger partial charge in [0.15, 0.2) is 4.88 Å². The fraction of sp³-hybridized carbons (Fsp3) is 0.643. The summed E-state index contributed by atoms with van der Waals surface area (Å²) in [5, 5.41) is 10.8. The molecule has 1 atom stereocenters. The predicted molar refractivity (Wildman–Crippen MR) is 79.9 cm³/mol. The minimum Gasteiger partial charge on any atom is -0.491 e. The fourth-order valence-corrected chi connectivity index (χ4v) is 2.99. The van der Waals surface area contributed by atoms with E-state index in [1.165, 1.54) is 11.3 Å². The van der Waals surface area contributed by atoms with Crippen LogP contribution in [0.3, 0.4) is 0 Å². The Balaban J connectivity index is 1.76. The lowest BCUT2D eigenvalue weighted by atomic mass is 10.1. The number of carboxylic acid groups (broad SMARTS) is 1. The Morgan fingerprint density at radius 3 is 2.80 bits per heavy atom. The van der Waals surface area contributed by atoms with Crippen LogP contribution in [-0.2, 0) is 0 Å². The van der Waals surface area contributed by atoms with E-state index >= 15 is 0 Å². The van der Waals surface area contributed by atoms with Gasteiger partial charge in [0.25, 0.3) is 0 Å². The second kappa shape index (κ2) is 7.06. The molecule has 0 radical (unpaired) electrons. The van der Waals surface area contributed by atoms with Gasteiger partial charge in [0, 0.05) is 38.6 Å². The number of piperazine rings is 1. The Morgan fingerprint density at radius 1 is 1.45 bits per heavy atom. The summed E-state index contributed by atoms with van der Waals surface area (Å²) >= 11 is 1.20. The van der Waals surface area contributed by atoms with Crippen molar-refractivity contribution in [2.45, 2.75) is 6.92 Å². The molecule has 0 saturated carbocycles. The van der Waals surface area contributed by atoms with Crippen LogP contribution in [0, 0.1) is 5.92 Å². The SMILES string of the molecule is CC(COc1ccsc1C(=O)O)CN1CCN(C)CC1. The first kappa shape index (κ1) is 15.3. The summed E-state index contributed by atoms with van der Waals surface area (Å²) in [6.45, 7) is 8.12. The molecule has 1 saturated heterocycles. The van der Waals surface area contributed by atoms with Gasteiger partial charge in [0.05, 0.1) is 6.61 Å². The minimum atomic E-state index is -0.915. The van der Waals surface area contributed by atoms with Crippen LogP contribution in [0.4, 0.5) is 0 Å². The van der Waals surface area contributed by atoms with Crippen molar-refractivity contribution < 1.29 is 14.6 Å². The summed E-state index contributed by atoms with van der Waals surface area (Å²) in [6.07, 6.45) is 0. The largest absolute Gasteiger partial charge is 0.491 e. The first-order chi connectivity index (χ1) is 9.56. The van der Waals surface area contributed by atoms with Gasteiger partial charge >= 0.3 is 5.97 Å². The monoisotopic (exact) mass is 298 g/mol. The van der Waals surface area contributed by atoms with Gasteiger partial charge < -0.3 is 19.6 Å². The molecule has 112 valence electrons. The van der Waals surface area contributed by atoms with E-state index in [-0.39, 0.29) is 4.88 Å². The zero-order chi connectivity index (χ0) is 14.5. The number of likely N-dealkylation sites (N-methyl/N-ethyl adjacent to an activating group) is 1. The molecule has 1 unspecified atom stereocenters. The third kappa shape index (κ3) is 4.19. The molecule has 0 bridgehead atoms. The summed E-state index contributed by atoms with van der Waals surface area (Å²) in [6, 6.07) is 1.73. The van der Waals surface area contributed by atoms with Gasteiger partial charge in [0.2, 0.25) is 0 Å². The van der Waals surface area contributed by atoms with Crippen LogP contribution in [-0.4, -0.2) is 67.3 Å². The van der Waals surface area contributed by atoms with Crippen LogP contribution in [0.5, 0.6) is 5.75 Å². The molecule has 1 aliphatic heterocycles. The molecule has 1 fully saturated rings. The fourth-order valence-electron chi connectivity index (χ4n) is 2.32. The van der Waals surface area contributed by atoms with E-state index in [1.807, 2.05) is 0 Å². The minimum absolute atomic E-state index is 0.289. The van der Waals surface area contributed by atoms with E-state index in [2.05, 4.69) is 23.8 Å². The molecule has 2 heterocycles. The smallest absolute Gasteiger partial charge is 0.349 e. The van der Waals surface area contributed by atoms with E-state index < -0.39 is 5.97 Å². The number of aromatic carboxylic acids is 1. The summed E-state index contributed by atoms with van der Waals surface area (Å²) in [7, 11) is 2.15. The maximum Gasteiger partial charge on any atom is 0.349 e. The highest BCUT2D eigenvalue weighted by molar-refractivity contribution is 7.12. The summed E-state index contributed by atoms with van der Waals surface area (Å²) < 4.78 is 5.66. The van der Waals surface area contributed by atoms with Crippen LogP contribution >= 0.6 is 11.3 Å². The topological polar surface area (TPSA) is 53.0 Å². The Kier molecular flexibility index (Phi) is 5.39. The van der Waals surface area contributed by atoms with Crippen molar-refractivity contribution >= 4 is 17.3 Å². The number of ether oxygens (including phenoxy) is 1. The maximum absolute atomic E-state index is 11.0. The number of nitrogens with zero attached hydrogens (tertiary/aromatic N) is 2. The molecule has 5 nitrogen and oxygen atoms in total. The molecule has 6 heteroatoms. The molecular formula is C14H22N2O3S. The van der Waals surface area contributed by atoms with Crippen molar-refractivity contribution in [1.29, 1.82) is 0 Å². The maximum atomic E-state index is 11.0. The first-order valence-corrected chi connectivity index (χ1v) is 7.78. The average Bonchev–Trinajstić information content (AvgIpc) is 2.88. The van der Waals surface area contributed by atoms with Crippen molar-refractivity contribution in [1.82, 2.24) is 9.80 Å². The highest BCUT2D eigenvalue weighted by Gasteiger charge is 2.18. The third-order valence-corrected chi connectivity index (χ3v) is 4.40. The van der Waals surface area contributed by atoms with Crippen molar-refractivity contribution in [3.05, 3.63) is 16.3 Å². The van der Waals surface area contributed by atoms with Crippen molar-refractivity contribution in [2.24, 2.45) is 5.92 Å². The molecule has 1 aromatic rings. The molecule has 2 rings (SSSR count). The Labute approximate surface area is 123 Å². The van der Waals surface area contributed by atoms with Gasteiger partial charge in [-0.3, -0.25) is 0 Å². The molecule has 0 amide bonds. The molecule has 0 aromatic carbocycles. The van der Waals surface area contributed by atoms with E-state index in [4.69, 9.17) is 9.84 Å². The number of hydrogen-bond donors (Lipinski definition) is 1. The average molecular weight is 298 g/mol. The second-order valence-corrected chi connectivity index (χ2v) is 6.36. The third-order valence-electron chi connectivity index (χ3n) is 3.51. The van der Waals surface area contributed by atoms with Crippen LogP contribution < -0.4 is 4.74 Å². The zero-order valence-electron chi connectivity index (χ0n) is 12.0. The molecular weight excluding hydrogens is 276 g/mol.